The van der Waals surface area contributed by atoms with Gasteiger partial charge in [0.1, 0.15) is 11.2 Å². The van der Waals surface area contributed by atoms with E-state index in [4.69, 9.17) is 18.8 Å². The largest absolute Gasteiger partial charge is 0.455 e. The van der Waals surface area contributed by atoms with Crippen LogP contribution >= 0.6 is 0 Å². The number of para-hydroxylation sites is 3. The van der Waals surface area contributed by atoms with Crippen LogP contribution in [0.25, 0.3) is 121 Å². The fourth-order valence-electron chi connectivity index (χ4n) is 12.4. The summed E-state index contributed by atoms with van der Waals surface area (Å²) in [6, 6.07) is 84.3. The second-order valence-corrected chi connectivity index (χ2v) is 23.5. The van der Waals surface area contributed by atoms with Gasteiger partial charge in [-0.1, -0.05) is 140 Å². The van der Waals surface area contributed by atoms with E-state index in [-0.39, 0.29) is 0 Å². The molecular formula is C69H43N5O2Si. The molecule has 16 aromatic rings. The van der Waals surface area contributed by atoms with Crippen molar-refractivity contribution < 1.29 is 8.83 Å². The predicted octanol–water partition coefficient (Wildman–Crippen LogP) is 14.6. The van der Waals surface area contributed by atoms with E-state index in [0.717, 1.165) is 120 Å². The van der Waals surface area contributed by atoms with Gasteiger partial charge in [0.05, 0.1) is 32.7 Å². The van der Waals surface area contributed by atoms with Crippen LogP contribution in [0.5, 0.6) is 0 Å². The molecule has 360 valence electrons. The van der Waals surface area contributed by atoms with Crippen molar-refractivity contribution >= 4 is 117 Å². The second kappa shape index (κ2) is 16.9. The fraction of sp³-hybridized carbons (Fsp3) is 0. The molecule has 0 bridgehead atoms. The molecule has 7 heterocycles. The summed E-state index contributed by atoms with van der Waals surface area (Å²) >= 11 is 0. The zero-order valence-electron chi connectivity index (χ0n) is 41.4. The molecule has 0 atom stereocenters. The normalized spacial score (nSPS) is 12.2. The summed E-state index contributed by atoms with van der Waals surface area (Å²) in [7, 11) is -3.49. The minimum atomic E-state index is -3.49. The minimum Gasteiger partial charge on any atom is -0.455 e. The highest BCUT2D eigenvalue weighted by atomic mass is 28.3. The lowest BCUT2D eigenvalue weighted by atomic mass is 10.0. The Morgan fingerprint density at radius 2 is 0.727 bits per heavy atom. The van der Waals surface area contributed by atoms with Gasteiger partial charge >= 0.3 is 0 Å². The number of nitrogens with zero attached hydrogens (tertiary/aromatic N) is 5. The Bertz CT molecular complexity index is 4670. The first-order valence-corrected chi connectivity index (χ1v) is 28.0. The summed E-state index contributed by atoms with van der Waals surface area (Å²) in [4.78, 5) is 15.4. The SMILES string of the molecule is c1ccc(-n2c3ccccc3c3cc(-c4ccc5oc6c([Si](c7ccccc7)(c7ccccc7)c7nccc8c7oc7ccc(-c9ccc%10c(c9)c9cnccc9n%10-c9ccccc9)cc78)nccc6c5c4)ccc32)cc1. The summed E-state index contributed by atoms with van der Waals surface area (Å²) < 4.78 is 19.0. The van der Waals surface area contributed by atoms with Gasteiger partial charge in [-0.05, 0) is 130 Å². The molecule has 0 saturated heterocycles. The maximum absolute atomic E-state index is 7.15. The van der Waals surface area contributed by atoms with E-state index in [1.54, 1.807) is 0 Å². The Morgan fingerprint density at radius 1 is 0.312 bits per heavy atom. The third kappa shape index (κ3) is 6.46. The van der Waals surface area contributed by atoms with Crippen molar-refractivity contribution in [1.29, 1.82) is 0 Å². The van der Waals surface area contributed by atoms with E-state index in [9.17, 15) is 0 Å². The van der Waals surface area contributed by atoms with Gasteiger partial charge in [-0.3, -0.25) is 15.0 Å². The van der Waals surface area contributed by atoms with E-state index in [1.807, 2.05) is 24.8 Å². The number of pyridine rings is 3. The van der Waals surface area contributed by atoms with E-state index >= 15 is 0 Å². The van der Waals surface area contributed by atoms with Crippen molar-refractivity contribution in [3.8, 4) is 33.6 Å². The Kier molecular flexibility index (Phi) is 9.52. The van der Waals surface area contributed by atoms with Gasteiger partial charge in [0, 0.05) is 79.3 Å². The average molecular weight is 1000 g/mol. The molecule has 0 amide bonds. The van der Waals surface area contributed by atoms with Gasteiger partial charge in [0.25, 0.3) is 0 Å². The number of benzene rings is 9. The van der Waals surface area contributed by atoms with Crippen LogP contribution in [0.15, 0.2) is 270 Å². The van der Waals surface area contributed by atoms with E-state index in [2.05, 4.69) is 251 Å². The topological polar surface area (TPSA) is 74.8 Å². The van der Waals surface area contributed by atoms with Crippen LogP contribution in [0.2, 0.25) is 0 Å². The smallest absolute Gasteiger partial charge is 0.233 e. The Morgan fingerprint density at radius 3 is 1.25 bits per heavy atom. The quantitative estimate of drug-likeness (QED) is 0.142. The number of furan rings is 2. The molecule has 16 rings (SSSR count). The molecule has 0 N–H and O–H groups in total. The Balaban J connectivity index is 0.878. The summed E-state index contributed by atoms with van der Waals surface area (Å²) in [6.07, 6.45) is 7.74. The van der Waals surface area contributed by atoms with Crippen molar-refractivity contribution in [2.75, 3.05) is 0 Å². The van der Waals surface area contributed by atoms with Crippen LogP contribution in [0.3, 0.4) is 0 Å². The lowest BCUT2D eigenvalue weighted by Gasteiger charge is -2.31. The first-order chi connectivity index (χ1) is 38.2. The molecular weight excluding hydrogens is 959 g/mol. The van der Waals surface area contributed by atoms with Gasteiger partial charge in [-0.25, -0.2) is 0 Å². The first kappa shape index (κ1) is 43.3. The maximum Gasteiger partial charge on any atom is 0.233 e. The third-order valence-electron chi connectivity index (χ3n) is 15.8. The minimum absolute atomic E-state index is 0.743. The monoisotopic (exact) mass is 1000 g/mol. The van der Waals surface area contributed by atoms with Crippen molar-refractivity contribution in [3.63, 3.8) is 0 Å². The van der Waals surface area contributed by atoms with Gasteiger partial charge in [-0.2, -0.15) is 0 Å². The van der Waals surface area contributed by atoms with Gasteiger partial charge in [-0.15, -0.1) is 0 Å². The van der Waals surface area contributed by atoms with Crippen LogP contribution in [0, 0.1) is 0 Å². The number of fused-ring (bicyclic) bond motifs is 12. The van der Waals surface area contributed by atoms with E-state index in [0.29, 0.717) is 0 Å². The van der Waals surface area contributed by atoms with Gasteiger partial charge < -0.3 is 18.0 Å². The lowest BCUT2D eigenvalue weighted by molar-refractivity contribution is 0.669. The summed E-state index contributed by atoms with van der Waals surface area (Å²) in [5.41, 5.74) is 14.4. The Hall–Kier alpha value is -10.2. The standard InChI is InChI=1S/C69H43N5O2Si/c1-5-15-48(16-6-1)73-60-24-14-13-23-52(60)55-39-44(25-29-61(55)73)46-27-31-64-57(41-46)53-33-37-71-68(66(53)75-64)77(50-19-9-3-10-20-50,51-21-11-4-12-22-51)69-67-54(34-38-72-69)58-42-47(28-32-65(58)76-67)45-26-30-62-56(40-45)59-43-70-36-35-63(59)74(62)49-17-7-2-8-18-49/h1-43H. The first-order valence-electron chi connectivity index (χ1n) is 26.0. The van der Waals surface area contributed by atoms with Crippen molar-refractivity contribution in [3.05, 3.63) is 261 Å². The van der Waals surface area contributed by atoms with Gasteiger partial charge in [0.15, 0.2) is 11.2 Å². The zero-order valence-corrected chi connectivity index (χ0v) is 42.4. The van der Waals surface area contributed by atoms with Crippen molar-refractivity contribution in [1.82, 2.24) is 24.1 Å². The molecule has 9 aromatic carbocycles. The highest BCUT2D eigenvalue weighted by Gasteiger charge is 2.49. The number of aromatic nitrogens is 5. The zero-order chi connectivity index (χ0) is 50.6. The fourth-order valence-corrected chi connectivity index (χ4v) is 17.0. The molecule has 0 unspecified atom stereocenters. The Labute approximate surface area is 442 Å². The molecule has 7 nitrogen and oxygen atoms in total. The van der Waals surface area contributed by atoms with Crippen LogP contribution in [-0.2, 0) is 0 Å². The molecule has 0 aliphatic rings. The summed E-state index contributed by atoms with van der Waals surface area (Å²) in [5, 5.41) is 12.7. The molecule has 7 aromatic heterocycles. The van der Waals surface area contributed by atoms with Crippen LogP contribution in [-0.4, -0.2) is 32.2 Å². The van der Waals surface area contributed by atoms with Crippen LogP contribution in [0.4, 0.5) is 0 Å². The maximum atomic E-state index is 7.15. The molecule has 0 spiro atoms. The highest BCUT2D eigenvalue weighted by Crippen LogP contribution is 2.40. The van der Waals surface area contributed by atoms with Crippen LogP contribution in [0.1, 0.15) is 0 Å². The molecule has 8 heteroatoms. The third-order valence-corrected chi connectivity index (χ3v) is 20.4. The van der Waals surface area contributed by atoms with Crippen molar-refractivity contribution in [2.45, 2.75) is 0 Å². The molecule has 0 fully saturated rings. The number of hydrogen-bond acceptors (Lipinski definition) is 5. The molecule has 0 aliphatic carbocycles. The lowest BCUT2D eigenvalue weighted by Crippen LogP contribution is -2.76. The number of rotatable bonds is 8. The average Bonchev–Trinajstić information content (AvgIpc) is 4.48. The molecule has 0 saturated carbocycles. The van der Waals surface area contributed by atoms with Gasteiger partial charge in [0.2, 0.25) is 8.07 Å². The van der Waals surface area contributed by atoms with Crippen molar-refractivity contribution in [2.24, 2.45) is 0 Å². The predicted molar refractivity (Wildman–Crippen MR) is 318 cm³/mol. The second-order valence-electron chi connectivity index (χ2n) is 19.9. The number of hydrogen-bond donors (Lipinski definition) is 0. The summed E-state index contributed by atoms with van der Waals surface area (Å²) in [6.45, 7) is 0. The molecule has 0 aliphatic heterocycles. The highest BCUT2D eigenvalue weighted by molar-refractivity contribution is 7.20. The van der Waals surface area contributed by atoms with Crippen LogP contribution < -0.4 is 21.0 Å². The van der Waals surface area contributed by atoms with E-state index < -0.39 is 8.07 Å². The summed E-state index contributed by atoms with van der Waals surface area (Å²) in [5.74, 6) is 0. The molecule has 77 heavy (non-hydrogen) atoms. The van der Waals surface area contributed by atoms with E-state index in [1.165, 1.54) is 21.8 Å². The molecule has 0 radical (unpaired) electrons.